The van der Waals surface area contributed by atoms with Gasteiger partial charge in [0.1, 0.15) is 0 Å². The summed E-state index contributed by atoms with van der Waals surface area (Å²) in [5.74, 6) is 0. The predicted molar refractivity (Wildman–Crippen MR) is 35.4 cm³/mol. The highest BCUT2D eigenvalue weighted by atomic mass is 14.7. The van der Waals surface area contributed by atoms with Crippen LogP contribution in [0.25, 0.3) is 0 Å². The van der Waals surface area contributed by atoms with E-state index >= 15 is 0 Å². The van der Waals surface area contributed by atoms with Gasteiger partial charge in [0.15, 0.2) is 0 Å². The van der Waals surface area contributed by atoms with Crippen molar-refractivity contribution >= 4 is 14.1 Å². The zero-order valence-electron chi connectivity index (χ0n) is 3.26. The molecule has 0 spiro atoms. The fourth-order valence-corrected chi connectivity index (χ4v) is 0.277. The monoisotopic (exact) mass is 92.1 g/mol. The van der Waals surface area contributed by atoms with Crippen molar-refractivity contribution in [1.29, 1.82) is 0 Å². The average molecular weight is 91.9 g/mol. The molecule has 0 N–H and O–H groups in total. The van der Waals surface area contributed by atoms with Crippen LogP contribution in [-0.4, -0.2) is 14.1 Å². The van der Waals surface area contributed by atoms with E-state index < -0.39 is 0 Å². The fourth-order valence-electron chi connectivity index (χ4n) is 0.277. The normalized spacial score (nSPS) is 17.0. The fraction of sp³-hybridized carbons (Fsp3) is 0. The van der Waals surface area contributed by atoms with Gasteiger partial charge in [0.2, 0.25) is 12.4 Å². The molecule has 0 aromatic rings. The Kier molecular flexibility index (Phi) is 1.11. The quantitative estimate of drug-likeness (QED) is 0.346. The molecule has 35 valence electrons. The molecule has 0 unspecified atom stereocenters. The van der Waals surface area contributed by atoms with E-state index in [9.17, 15) is 0 Å². The number of allylic oxidation sites excluding steroid dienone is 3. The molecule has 1 rings (SSSR count). The second kappa shape index (κ2) is 1.78. The maximum absolute atomic E-state index is 3.89. The number of hydrogen-bond acceptors (Lipinski definition) is 1. The molecule has 1 nitrogen and oxygen atoms in total. The summed E-state index contributed by atoms with van der Waals surface area (Å²) in [6.45, 7) is 0. The highest BCUT2D eigenvalue weighted by molar-refractivity contribution is 6.24. The van der Waals surface area contributed by atoms with Gasteiger partial charge in [0.05, 0.1) is 4.99 Å². The third-order valence-corrected chi connectivity index (χ3v) is 0.514. The van der Waals surface area contributed by atoms with Crippen molar-refractivity contribution in [1.82, 2.24) is 4.99 Å². The summed E-state index contributed by atoms with van der Waals surface area (Å²) < 4.78 is 0. The van der Waals surface area contributed by atoms with Gasteiger partial charge in [-0.05, 0) is 20.0 Å². The lowest BCUT2D eigenvalue weighted by Crippen LogP contribution is -1.88. The first-order valence-electron chi connectivity index (χ1n) is 1.76. The van der Waals surface area contributed by atoms with Crippen LogP contribution in [0.15, 0.2) is 23.8 Å². The van der Waals surface area contributed by atoms with Gasteiger partial charge in [0.25, 0.3) is 0 Å². The molecule has 0 atom stereocenters. The summed E-state index contributed by atoms with van der Waals surface area (Å²) in [4.78, 5) is 3.89. The zero-order valence-corrected chi connectivity index (χ0v) is 3.26. The molecule has 0 saturated heterocycles. The summed E-state index contributed by atoms with van der Waals surface area (Å²) in [5, 5.41) is 0. The molecule has 2 heteroatoms. The Morgan fingerprint density at radius 3 is 2.71 bits per heavy atom. The molecule has 1 aliphatic heterocycles. The molecule has 1 aliphatic rings. The lowest BCUT2D eigenvalue weighted by Gasteiger charge is -1.87. The number of aliphatic imine (C=N–C) groups is 1. The van der Waals surface area contributed by atoms with Crippen LogP contribution in [0.1, 0.15) is 0 Å². The van der Waals surface area contributed by atoms with E-state index in [-0.39, 0.29) is 0 Å². The van der Waals surface area contributed by atoms with Crippen molar-refractivity contribution in [3.8, 4) is 0 Å². The van der Waals surface area contributed by atoms with Crippen molar-refractivity contribution in [3.63, 3.8) is 0 Å². The standard InChI is InChI=1S/C5H7BN/c6-5-1-3-7-4-2-5/h1-4H,6H3. The van der Waals surface area contributed by atoms with Crippen LogP contribution in [0.4, 0.5) is 0 Å². The van der Waals surface area contributed by atoms with Crippen molar-refractivity contribution in [2.24, 2.45) is 0 Å². The minimum atomic E-state index is 0.406. The average Bonchev–Trinajstić information content (AvgIpc) is 1.69. The van der Waals surface area contributed by atoms with E-state index in [2.05, 4.69) is 17.1 Å². The number of hydrogen-bond donors (Lipinski definition) is 0. The van der Waals surface area contributed by atoms with Crippen molar-refractivity contribution in [2.45, 2.75) is 0 Å². The van der Waals surface area contributed by atoms with Gasteiger partial charge < -0.3 is 0 Å². The van der Waals surface area contributed by atoms with Crippen molar-refractivity contribution in [2.75, 3.05) is 0 Å². The number of rotatable bonds is 0. The first-order valence-corrected chi connectivity index (χ1v) is 1.76. The maximum atomic E-state index is 3.89. The summed E-state index contributed by atoms with van der Waals surface area (Å²) >= 11 is 0. The highest BCUT2D eigenvalue weighted by Crippen LogP contribution is 1.87. The lowest BCUT2D eigenvalue weighted by atomic mass is 9.95. The van der Waals surface area contributed by atoms with E-state index in [4.69, 9.17) is 0 Å². The highest BCUT2D eigenvalue weighted by Gasteiger charge is 1.85. The van der Waals surface area contributed by atoms with E-state index in [0.29, 0.717) is 7.85 Å². The minimum Gasteiger partial charge on any atom is -0.209 e. The van der Waals surface area contributed by atoms with Crippen molar-refractivity contribution in [3.05, 3.63) is 23.8 Å². The second-order valence-electron chi connectivity index (χ2n) is 0.947. The molecule has 0 amide bonds. The van der Waals surface area contributed by atoms with Crippen LogP contribution in [-0.2, 0) is 0 Å². The predicted octanol–water partition coefficient (Wildman–Crippen LogP) is -0.830. The molecule has 0 fully saturated rings. The summed E-state index contributed by atoms with van der Waals surface area (Å²) in [6.07, 6.45) is 7.87. The zero-order chi connectivity index (χ0) is 5.11. The van der Waals surface area contributed by atoms with E-state index in [0.717, 1.165) is 0 Å². The first kappa shape index (κ1) is 4.38. The molecular weight excluding hydrogens is 84.9 g/mol. The van der Waals surface area contributed by atoms with Gasteiger partial charge in [-0.25, -0.2) is 5.47 Å². The molecule has 0 aromatic carbocycles. The lowest BCUT2D eigenvalue weighted by molar-refractivity contribution is 1.39. The van der Waals surface area contributed by atoms with Crippen LogP contribution < -0.4 is 4.99 Å². The van der Waals surface area contributed by atoms with E-state index in [1.807, 2.05) is 12.4 Å². The summed E-state index contributed by atoms with van der Waals surface area (Å²) in [6, 6.07) is 0. The Hall–Kier alpha value is -0.785. The third kappa shape index (κ3) is 1.04. The molecule has 0 bridgehead atoms. The molecule has 7 heavy (non-hydrogen) atoms. The van der Waals surface area contributed by atoms with Crippen molar-refractivity contribution < 1.29 is 0 Å². The number of nitrogens with zero attached hydrogens (tertiary/aromatic N) is 1. The Bertz CT molecular complexity index is 144. The topological polar surface area (TPSA) is 14.1 Å². The van der Waals surface area contributed by atoms with Gasteiger partial charge in [-0.3, -0.25) is 0 Å². The smallest absolute Gasteiger partial charge is 0.209 e. The van der Waals surface area contributed by atoms with Crippen LogP contribution >= 0.6 is 0 Å². The second-order valence-corrected chi connectivity index (χ2v) is 0.947. The SMILES string of the molecule is [BH3-]C1=CC=[N+]C=C1. The minimum absolute atomic E-state index is 0.406. The van der Waals surface area contributed by atoms with E-state index in [1.54, 1.807) is 0 Å². The maximum Gasteiger partial charge on any atom is 0.239 e. The molecule has 0 aromatic heterocycles. The first-order chi connectivity index (χ1) is 3.39. The largest absolute Gasteiger partial charge is 0.239 e. The van der Waals surface area contributed by atoms with Crippen LogP contribution in [0.3, 0.4) is 0 Å². The van der Waals surface area contributed by atoms with Crippen LogP contribution in [0, 0.1) is 0 Å². The Morgan fingerprint density at radius 1 is 1.57 bits per heavy atom. The molecule has 1 radical (unpaired) electrons. The van der Waals surface area contributed by atoms with Crippen LogP contribution in [0.2, 0.25) is 0 Å². The summed E-state index contributed by atoms with van der Waals surface area (Å²) in [5.41, 5.74) is 1.51. The van der Waals surface area contributed by atoms with Gasteiger partial charge in [-0.2, -0.15) is 0 Å². The Balaban J connectivity index is 2.82. The molecule has 0 saturated carbocycles. The van der Waals surface area contributed by atoms with Gasteiger partial charge in [0, 0.05) is 0 Å². The Morgan fingerprint density at radius 2 is 2.43 bits per heavy atom. The Labute approximate surface area is 43.9 Å². The van der Waals surface area contributed by atoms with Gasteiger partial charge in [-0.1, -0.05) is 0 Å². The third-order valence-electron chi connectivity index (χ3n) is 0.514. The van der Waals surface area contributed by atoms with Gasteiger partial charge in [-0.15, -0.1) is 0 Å². The van der Waals surface area contributed by atoms with Gasteiger partial charge >= 0.3 is 0 Å². The van der Waals surface area contributed by atoms with E-state index in [1.165, 1.54) is 5.47 Å². The van der Waals surface area contributed by atoms with Crippen LogP contribution in [0.5, 0.6) is 0 Å². The summed E-state index contributed by atoms with van der Waals surface area (Å²) in [7, 11) is 0.406. The molecular formula is C5H7BN. The molecule has 0 aliphatic carbocycles. The molecule has 1 heterocycles.